The number of fused-ring (bicyclic) bond motifs is 2. The van der Waals surface area contributed by atoms with Crippen molar-refractivity contribution < 1.29 is 0 Å². The molecule has 2 aliphatic heterocycles. The van der Waals surface area contributed by atoms with Crippen LogP contribution in [-0.4, -0.2) is 59.3 Å². The molecule has 8 nitrogen and oxygen atoms in total. The summed E-state index contributed by atoms with van der Waals surface area (Å²) in [4.78, 5) is 10.7. The van der Waals surface area contributed by atoms with Gasteiger partial charge in [-0.15, -0.1) is 0 Å². The van der Waals surface area contributed by atoms with E-state index in [0.717, 1.165) is 53.9 Å². The molecule has 4 heterocycles. The van der Waals surface area contributed by atoms with Crippen LogP contribution in [0.15, 0.2) is 48.5 Å². The fraction of sp³-hybridized carbons (Fsp3) is 0.474. The first-order valence-corrected chi connectivity index (χ1v) is 18.0. The number of hydrogen-bond acceptors (Lipinski definition) is 8. The molecule has 2 aromatic carbocycles. The first kappa shape index (κ1) is 38.6. The van der Waals surface area contributed by atoms with Crippen LogP contribution in [0.25, 0.3) is 21.8 Å². The van der Waals surface area contributed by atoms with E-state index in [1.165, 1.54) is 25.9 Å². The quantitative estimate of drug-likeness (QED) is 0.180. The number of halogens is 3. The van der Waals surface area contributed by atoms with Gasteiger partial charge >= 0.3 is 0 Å². The molecule has 0 spiro atoms. The lowest BCUT2D eigenvalue weighted by molar-refractivity contribution is 0.304. The summed E-state index contributed by atoms with van der Waals surface area (Å²) in [6.07, 6.45) is 4.65. The topological polar surface area (TPSA) is 113 Å². The number of aromatic nitrogens is 2. The lowest BCUT2D eigenvalue weighted by atomic mass is 9.98. The van der Waals surface area contributed by atoms with Crippen LogP contribution >= 0.6 is 34.8 Å². The molecular formula is C38H47Cl3N8. The van der Waals surface area contributed by atoms with Crippen molar-refractivity contribution in [1.82, 2.24) is 25.9 Å². The third kappa shape index (κ3) is 10.9. The second kappa shape index (κ2) is 17.1. The maximum atomic E-state index is 9.58. The van der Waals surface area contributed by atoms with Crippen molar-refractivity contribution in [3.63, 3.8) is 0 Å². The Balaban J connectivity index is 0.000000183. The van der Waals surface area contributed by atoms with Gasteiger partial charge in [0.25, 0.3) is 0 Å². The number of nitrogens with zero attached hydrogens (tertiary/aromatic N) is 5. The van der Waals surface area contributed by atoms with Crippen molar-refractivity contribution in [2.45, 2.75) is 90.4 Å². The van der Waals surface area contributed by atoms with Gasteiger partial charge in [0, 0.05) is 47.0 Å². The molecule has 0 atom stereocenters. The molecule has 0 unspecified atom stereocenters. The van der Waals surface area contributed by atoms with E-state index in [1.54, 1.807) is 6.07 Å². The number of nitrogens with one attached hydrogen (secondary N) is 3. The fourth-order valence-electron chi connectivity index (χ4n) is 6.27. The van der Waals surface area contributed by atoms with E-state index in [1.807, 2.05) is 48.5 Å². The summed E-state index contributed by atoms with van der Waals surface area (Å²) in [7, 11) is 0. The van der Waals surface area contributed by atoms with Crippen molar-refractivity contribution >= 4 is 62.3 Å². The Morgan fingerprint density at radius 2 is 1.14 bits per heavy atom. The van der Waals surface area contributed by atoms with Crippen molar-refractivity contribution in [2.24, 2.45) is 0 Å². The SMILES string of the molecule is CC(C)(C)NC1CCN(c2c(C#N)c(Cl)nc3ccccc23)CC1.CC(C)(C)NC1CCNCC1.N#Cc1c(Cl)nc2ccccc2c1Cl. The zero-order valence-electron chi connectivity index (χ0n) is 29.3. The molecule has 6 rings (SSSR count). The molecule has 4 aromatic rings. The van der Waals surface area contributed by atoms with E-state index in [-0.39, 0.29) is 21.8 Å². The minimum atomic E-state index is 0.122. The number of rotatable bonds is 3. The second-order valence-corrected chi connectivity index (χ2v) is 15.6. The summed E-state index contributed by atoms with van der Waals surface area (Å²) in [6, 6.07) is 20.6. The van der Waals surface area contributed by atoms with Crippen LogP contribution in [0.5, 0.6) is 0 Å². The third-order valence-electron chi connectivity index (χ3n) is 8.25. The number of pyridine rings is 2. The number of nitriles is 2. The van der Waals surface area contributed by atoms with Crippen molar-refractivity contribution in [1.29, 1.82) is 10.5 Å². The number of benzene rings is 2. The van der Waals surface area contributed by atoms with E-state index < -0.39 is 0 Å². The van der Waals surface area contributed by atoms with Gasteiger partial charge in [0.05, 0.1) is 21.7 Å². The number of anilines is 1. The number of piperidine rings is 2. The molecule has 2 aliphatic rings. The largest absolute Gasteiger partial charge is 0.370 e. The van der Waals surface area contributed by atoms with Gasteiger partial charge in [-0.2, -0.15) is 10.5 Å². The number of para-hydroxylation sites is 2. The molecule has 3 N–H and O–H groups in total. The van der Waals surface area contributed by atoms with Gasteiger partial charge in [0.1, 0.15) is 33.6 Å². The first-order chi connectivity index (χ1) is 23.2. The van der Waals surface area contributed by atoms with Crippen LogP contribution < -0.4 is 20.9 Å². The molecule has 2 aromatic heterocycles. The first-order valence-electron chi connectivity index (χ1n) is 16.8. The lowest BCUT2D eigenvalue weighted by Crippen LogP contribution is -2.49. The highest BCUT2D eigenvalue weighted by atomic mass is 35.5. The molecule has 260 valence electrons. The summed E-state index contributed by atoms with van der Waals surface area (Å²) in [5, 5.41) is 31.6. The van der Waals surface area contributed by atoms with Crippen LogP contribution in [0.3, 0.4) is 0 Å². The normalized spacial score (nSPS) is 15.9. The Labute approximate surface area is 306 Å². The molecule has 2 fully saturated rings. The van der Waals surface area contributed by atoms with Gasteiger partial charge in [-0.25, -0.2) is 9.97 Å². The average molecular weight is 722 g/mol. The zero-order valence-corrected chi connectivity index (χ0v) is 31.6. The van der Waals surface area contributed by atoms with E-state index in [9.17, 15) is 5.26 Å². The summed E-state index contributed by atoms with van der Waals surface area (Å²) in [5.41, 5.74) is 3.58. The molecular weight excluding hydrogens is 675 g/mol. The Kier molecular flexibility index (Phi) is 13.5. The molecule has 11 heteroatoms. The van der Waals surface area contributed by atoms with Crippen molar-refractivity contribution in [3.8, 4) is 12.1 Å². The van der Waals surface area contributed by atoms with Crippen LogP contribution in [0.4, 0.5) is 5.69 Å². The van der Waals surface area contributed by atoms with Gasteiger partial charge in [-0.3, -0.25) is 0 Å². The molecule has 2 saturated heterocycles. The highest BCUT2D eigenvalue weighted by Crippen LogP contribution is 2.35. The third-order valence-corrected chi connectivity index (χ3v) is 9.19. The summed E-state index contributed by atoms with van der Waals surface area (Å²) in [6.45, 7) is 17.5. The Morgan fingerprint density at radius 3 is 1.65 bits per heavy atom. The maximum absolute atomic E-state index is 9.58. The van der Waals surface area contributed by atoms with Gasteiger partial charge < -0.3 is 20.9 Å². The summed E-state index contributed by atoms with van der Waals surface area (Å²) < 4.78 is 0. The van der Waals surface area contributed by atoms with Crippen LogP contribution in [-0.2, 0) is 0 Å². The average Bonchev–Trinajstić information content (AvgIpc) is 3.04. The Morgan fingerprint density at radius 1 is 0.694 bits per heavy atom. The second-order valence-electron chi connectivity index (χ2n) is 14.5. The smallest absolute Gasteiger partial charge is 0.149 e. The minimum absolute atomic E-state index is 0.122. The standard InChI is InChI=1S/C19H23ClN4.C10H4Cl2N2.C9H20N2/c1-19(2,3)23-13-8-10-24(11-9-13)17-14-6-4-5-7-16(14)22-18(20)15(17)12-21;11-9-6-3-1-2-4-8(6)14-10(12)7(9)5-13;1-9(2,3)11-8-4-6-10-7-5-8/h4-7,13,23H,8-11H2,1-3H3;1-4H;8,10-11H,4-7H2,1-3H3. The fourth-order valence-corrected chi connectivity index (χ4v) is 7.06. The molecule has 49 heavy (non-hydrogen) atoms. The summed E-state index contributed by atoms with van der Waals surface area (Å²) in [5.74, 6) is 0. The van der Waals surface area contributed by atoms with Gasteiger partial charge in [0.2, 0.25) is 0 Å². The highest BCUT2D eigenvalue weighted by molar-refractivity contribution is 6.39. The zero-order chi connectivity index (χ0) is 35.8. The molecule has 0 saturated carbocycles. The molecule has 0 bridgehead atoms. The van der Waals surface area contributed by atoms with Gasteiger partial charge in [-0.1, -0.05) is 71.2 Å². The molecule has 0 radical (unpaired) electrons. The maximum Gasteiger partial charge on any atom is 0.149 e. The van der Waals surface area contributed by atoms with Gasteiger partial charge in [0.15, 0.2) is 0 Å². The van der Waals surface area contributed by atoms with Crippen LogP contribution in [0.1, 0.15) is 78.4 Å². The molecule has 0 aliphatic carbocycles. The van der Waals surface area contributed by atoms with Crippen LogP contribution in [0.2, 0.25) is 15.3 Å². The summed E-state index contributed by atoms with van der Waals surface area (Å²) >= 11 is 18.1. The van der Waals surface area contributed by atoms with Crippen molar-refractivity contribution in [2.75, 3.05) is 31.1 Å². The lowest BCUT2D eigenvalue weighted by Gasteiger charge is -2.38. The Bertz CT molecular complexity index is 1800. The Hall–Kier alpha value is -3.21. The van der Waals surface area contributed by atoms with E-state index in [0.29, 0.717) is 27.3 Å². The predicted molar refractivity (Wildman–Crippen MR) is 205 cm³/mol. The van der Waals surface area contributed by atoms with Crippen LogP contribution in [0, 0.1) is 22.7 Å². The number of hydrogen-bond donors (Lipinski definition) is 3. The van der Waals surface area contributed by atoms with Gasteiger partial charge in [-0.05, 0) is 92.4 Å². The highest BCUT2D eigenvalue weighted by Gasteiger charge is 2.26. The predicted octanol–water partition coefficient (Wildman–Crippen LogP) is 8.66. The van der Waals surface area contributed by atoms with Crippen molar-refractivity contribution in [3.05, 3.63) is 75.0 Å². The van der Waals surface area contributed by atoms with E-state index in [2.05, 4.69) is 78.4 Å². The minimum Gasteiger partial charge on any atom is -0.370 e. The van der Waals surface area contributed by atoms with E-state index in [4.69, 9.17) is 40.1 Å². The molecule has 0 amide bonds. The monoisotopic (exact) mass is 720 g/mol. The van der Waals surface area contributed by atoms with E-state index >= 15 is 0 Å².